The molecule has 0 unspecified atom stereocenters. The molecule has 2 aromatic carbocycles. The molecule has 6 nitrogen and oxygen atoms in total. The number of nitrogens with zero attached hydrogens (tertiary/aromatic N) is 1. The minimum absolute atomic E-state index is 0.0782. The Morgan fingerprint density at radius 3 is 2.48 bits per heavy atom. The lowest BCUT2D eigenvalue weighted by Gasteiger charge is -2.09. The number of hydrogen-bond donors (Lipinski definition) is 3. The van der Waals surface area contributed by atoms with Crippen LogP contribution in [0.25, 0.3) is 27.8 Å². The van der Waals surface area contributed by atoms with Crippen LogP contribution in [0.4, 0.5) is 0 Å². The molecular formula is C18H12ClN3O3. The van der Waals surface area contributed by atoms with Gasteiger partial charge in [-0.3, -0.25) is 14.3 Å². The number of rotatable bonds is 2. The smallest absolute Gasteiger partial charge is 0.333 e. The highest BCUT2D eigenvalue weighted by Crippen LogP contribution is 2.31. The first-order chi connectivity index (χ1) is 12.0. The molecule has 0 aliphatic carbocycles. The van der Waals surface area contributed by atoms with Crippen molar-refractivity contribution in [2.24, 2.45) is 0 Å². The van der Waals surface area contributed by atoms with E-state index in [2.05, 4.69) is 9.97 Å². The van der Waals surface area contributed by atoms with Crippen molar-refractivity contribution < 1.29 is 5.11 Å². The lowest BCUT2D eigenvalue weighted by atomic mass is 10.0. The van der Waals surface area contributed by atoms with E-state index in [4.69, 9.17) is 11.6 Å². The Hall–Kier alpha value is -3.25. The summed E-state index contributed by atoms with van der Waals surface area (Å²) >= 11 is 5.85. The van der Waals surface area contributed by atoms with E-state index < -0.39 is 11.2 Å². The van der Waals surface area contributed by atoms with Crippen LogP contribution in [0.3, 0.4) is 0 Å². The highest BCUT2D eigenvalue weighted by Gasteiger charge is 2.11. The van der Waals surface area contributed by atoms with Gasteiger partial charge in [-0.05, 0) is 42.0 Å². The highest BCUT2D eigenvalue weighted by molar-refractivity contribution is 6.30. The Bertz CT molecular complexity index is 1200. The number of aromatic amines is 2. The van der Waals surface area contributed by atoms with E-state index in [0.717, 1.165) is 5.56 Å². The molecule has 0 aliphatic rings. The molecule has 0 saturated carbocycles. The second-order valence-electron chi connectivity index (χ2n) is 5.54. The van der Waals surface area contributed by atoms with Crippen LogP contribution in [0.15, 0.2) is 64.3 Å². The Kier molecular flexibility index (Phi) is 3.47. The fraction of sp³-hybridized carbons (Fsp3) is 0. The second-order valence-corrected chi connectivity index (χ2v) is 5.98. The number of phenolic OH excluding ortho intramolecular Hbond substituents is 1. The monoisotopic (exact) mass is 353 g/mol. The van der Waals surface area contributed by atoms with E-state index in [0.29, 0.717) is 27.3 Å². The van der Waals surface area contributed by atoms with Gasteiger partial charge >= 0.3 is 5.69 Å². The average molecular weight is 354 g/mol. The molecule has 2 heterocycles. The molecule has 0 atom stereocenters. The van der Waals surface area contributed by atoms with Crippen LogP contribution in [0.1, 0.15) is 0 Å². The standard InChI is InChI=1S/C18H12ClN3O3/c19-11-3-6-13(15(23)9-11)10-1-4-12(5-2-10)22-14-7-8-20-16(14)17(24)21-18(22)25/h1-9,20,23H,(H,21,24,25). The van der Waals surface area contributed by atoms with Gasteiger partial charge in [0.1, 0.15) is 11.3 Å². The number of benzene rings is 2. The van der Waals surface area contributed by atoms with Gasteiger partial charge in [0, 0.05) is 16.8 Å². The van der Waals surface area contributed by atoms with Crippen LogP contribution in [-0.2, 0) is 0 Å². The predicted molar refractivity (Wildman–Crippen MR) is 96.6 cm³/mol. The number of hydrogen-bond acceptors (Lipinski definition) is 3. The molecule has 25 heavy (non-hydrogen) atoms. The van der Waals surface area contributed by atoms with Gasteiger partial charge in [0.25, 0.3) is 5.56 Å². The topological polar surface area (TPSA) is 90.9 Å². The normalized spacial score (nSPS) is 11.1. The third kappa shape index (κ3) is 2.53. The zero-order valence-electron chi connectivity index (χ0n) is 12.8. The SMILES string of the molecule is O=c1[nH]c(=O)n(-c2ccc(-c3ccc(Cl)cc3O)cc2)c2cc[nH]c12. The second kappa shape index (κ2) is 5.68. The molecule has 4 aromatic rings. The zero-order valence-corrected chi connectivity index (χ0v) is 13.5. The van der Waals surface area contributed by atoms with Crippen LogP contribution in [0.5, 0.6) is 5.75 Å². The lowest BCUT2D eigenvalue weighted by molar-refractivity contribution is 0.477. The number of phenols is 1. The maximum absolute atomic E-state index is 12.2. The van der Waals surface area contributed by atoms with Gasteiger partial charge in [0.05, 0.1) is 11.2 Å². The minimum atomic E-state index is -0.515. The van der Waals surface area contributed by atoms with E-state index in [1.54, 1.807) is 48.7 Å². The molecule has 0 amide bonds. The van der Waals surface area contributed by atoms with Crippen molar-refractivity contribution >= 4 is 22.6 Å². The van der Waals surface area contributed by atoms with E-state index in [1.165, 1.54) is 10.6 Å². The molecule has 0 saturated heterocycles. The zero-order chi connectivity index (χ0) is 17.6. The molecule has 0 aliphatic heterocycles. The van der Waals surface area contributed by atoms with Crippen molar-refractivity contribution in [3.05, 3.63) is 80.6 Å². The van der Waals surface area contributed by atoms with Gasteiger partial charge in [-0.2, -0.15) is 0 Å². The Balaban J connectivity index is 1.85. The number of aromatic hydroxyl groups is 1. The number of aromatic nitrogens is 3. The van der Waals surface area contributed by atoms with Crippen LogP contribution in [0.2, 0.25) is 5.02 Å². The first kappa shape index (κ1) is 15.3. The maximum Gasteiger partial charge on any atom is 0.333 e. The van der Waals surface area contributed by atoms with E-state index in [1.807, 2.05) is 0 Å². The van der Waals surface area contributed by atoms with Crippen molar-refractivity contribution in [1.29, 1.82) is 0 Å². The van der Waals surface area contributed by atoms with Crippen LogP contribution in [-0.4, -0.2) is 19.6 Å². The highest BCUT2D eigenvalue weighted by atomic mass is 35.5. The fourth-order valence-electron chi connectivity index (χ4n) is 2.85. The molecular weight excluding hydrogens is 342 g/mol. The van der Waals surface area contributed by atoms with E-state index >= 15 is 0 Å². The molecule has 0 radical (unpaired) electrons. The first-order valence-corrected chi connectivity index (χ1v) is 7.84. The van der Waals surface area contributed by atoms with E-state index in [9.17, 15) is 14.7 Å². The summed E-state index contributed by atoms with van der Waals surface area (Å²) in [5.41, 5.74) is 1.87. The van der Waals surface area contributed by atoms with Crippen LogP contribution < -0.4 is 11.2 Å². The summed E-state index contributed by atoms with van der Waals surface area (Å²) in [5.74, 6) is 0.0782. The van der Waals surface area contributed by atoms with Crippen molar-refractivity contribution in [2.75, 3.05) is 0 Å². The third-order valence-electron chi connectivity index (χ3n) is 4.01. The van der Waals surface area contributed by atoms with Gasteiger partial charge in [-0.1, -0.05) is 23.7 Å². The summed E-state index contributed by atoms with van der Waals surface area (Å²) in [5, 5.41) is 10.5. The van der Waals surface area contributed by atoms with Crippen LogP contribution in [0, 0.1) is 0 Å². The number of H-pyrrole nitrogens is 2. The summed E-state index contributed by atoms with van der Waals surface area (Å²) in [6, 6.07) is 13.6. The summed E-state index contributed by atoms with van der Waals surface area (Å²) in [4.78, 5) is 29.2. The molecule has 2 aromatic heterocycles. The summed E-state index contributed by atoms with van der Waals surface area (Å²) in [7, 11) is 0. The van der Waals surface area contributed by atoms with Crippen molar-refractivity contribution in [3.63, 3.8) is 0 Å². The summed E-state index contributed by atoms with van der Waals surface area (Å²) in [6.07, 6.45) is 1.61. The van der Waals surface area contributed by atoms with Crippen molar-refractivity contribution in [1.82, 2.24) is 14.5 Å². The van der Waals surface area contributed by atoms with Crippen molar-refractivity contribution in [3.8, 4) is 22.6 Å². The third-order valence-corrected chi connectivity index (χ3v) is 4.25. The van der Waals surface area contributed by atoms with Gasteiger partial charge in [-0.25, -0.2) is 4.79 Å². The number of halogens is 1. The quantitative estimate of drug-likeness (QED) is 0.517. The molecule has 3 N–H and O–H groups in total. The first-order valence-electron chi connectivity index (χ1n) is 7.46. The van der Waals surface area contributed by atoms with Crippen LogP contribution >= 0.6 is 11.6 Å². The molecule has 0 spiro atoms. The Labute approximate surface area is 146 Å². The van der Waals surface area contributed by atoms with E-state index in [-0.39, 0.29) is 5.75 Å². The number of nitrogens with one attached hydrogen (secondary N) is 2. The van der Waals surface area contributed by atoms with Gasteiger partial charge < -0.3 is 10.1 Å². The largest absolute Gasteiger partial charge is 0.507 e. The molecule has 4 rings (SSSR count). The van der Waals surface area contributed by atoms with Gasteiger partial charge in [-0.15, -0.1) is 0 Å². The number of fused-ring (bicyclic) bond motifs is 1. The molecule has 0 fully saturated rings. The molecule has 124 valence electrons. The lowest BCUT2D eigenvalue weighted by Crippen LogP contribution is -2.28. The average Bonchev–Trinajstić information content (AvgIpc) is 3.05. The summed E-state index contributed by atoms with van der Waals surface area (Å²) < 4.78 is 1.42. The predicted octanol–water partition coefficient (Wildman–Crippen LogP) is 3.03. The summed E-state index contributed by atoms with van der Waals surface area (Å²) in [6.45, 7) is 0. The van der Waals surface area contributed by atoms with Gasteiger partial charge in [0.15, 0.2) is 0 Å². The fourth-order valence-corrected chi connectivity index (χ4v) is 3.02. The van der Waals surface area contributed by atoms with Crippen molar-refractivity contribution in [2.45, 2.75) is 0 Å². The molecule has 0 bridgehead atoms. The Morgan fingerprint density at radius 1 is 1.00 bits per heavy atom. The molecule has 7 heteroatoms. The minimum Gasteiger partial charge on any atom is -0.507 e. The Morgan fingerprint density at radius 2 is 1.76 bits per heavy atom. The van der Waals surface area contributed by atoms with Gasteiger partial charge in [0.2, 0.25) is 0 Å². The maximum atomic E-state index is 12.2.